The lowest BCUT2D eigenvalue weighted by Crippen LogP contribution is -2.52. The number of benzene rings is 2. The van der Waals surface area contributed by atoms with E-state index in [0.29, 0.717) is 31.0 Å². The number of aryl methyl sites for hydroxylation is 1. The van der Waals surface area contributed by atoms with Crippen LogP contribution in [0.2, 0.25) is 0 Å². The van der Waals surface area contributed by atoms with Crippen molar-refractivity contribution in [3.05, 3.63) is 65.6 Å². The molecule has 2 amide bonds. The van der Waals surface area contributed by atoms with E-state index < -0.39 is 0 Å². The van der Waals surface area contributed by atoms with Crippen LogP contribution >= 0.6 is 0 Å². The van der Waals surface area contributed by atoms with Crippen LogP contribution in [-0.4, -0.2) is 67.5 Å². The smallest absolute Gasteiger partial charge is 0.290 e. The lowest BCUT2D eigenvalue weighted by atomic mass is 9.90. The van der Waals surface area contributed by atoms with Crippen LogP contribution in [0.1, 0.15) is 59.8 Å². The largest absolute Gasteiger partial charge is 0.352 e. The maximum absolute atomic E-state index is 13.8. The van der Waals surface area contributed by atoms with Crippen molar-refractivity contribution >= 4 is 39.5 Å². The molecule has 2 aliphatic rings. The summed E-state index contributed by atoms with van der Waals surface area (Å²) >= 11 is 0. The van der Waals surface area contributed by atoms with Crippen molar-refractivity contribution in [3.63, 3.8) is 0 Å². The van der Waals surface area contributed by atoms with Crippen LogP contribution in [-0.2, 0) is 4.79 Å². The molecule has 3 atom stereocenters. The van der Waals surface area contributed by atoms with Crippen molar-refractivity contribution in [2.45, 2.75) is 52.1 Å². The fourth-order valence-electron chi connectivity index (χ4n) is 6.24. The number of amides is 2. The summed E-state index contributed by atoms with van der Waals surface area (Å²) in [4.78, 5) is 54.9. The summed E-state index contributed by atoms with van der Waals surface area (Å²) in [7, 11) is 0. The zero-order valence-corrected chi connectivity index (χ0v) is 22.0. The average molecular weight is 512 g/mol. The van der Waals surface area contributed by atoms with Gasteiger partial charge in [0.2, 0.25) is 5.91 Å². The molecule has 8 nitrogen and oxygen atoms in total. The number of rotatable bonds is 7. The van der Waals surface area contributed by atoms with Crippen LogP contribution < -0.4 is 0 Å². The van der Waals surface area contributed by atoms with Crippen molar-refractivity contribution in [2.24, 2.45) is 11.8 Å². The number of hydrogen-bond donors (Lipinski definition) is 2. The summed E-state index contributed by atoms with van der Waals surface area (Å²) in [5.74, 6) is 0.118. The third-order valence-electron chi connectivity index (χ3n) is 8.10. The number of ketones is 1. The zero-order chi connectivity index (χ0) is 26.6. The Morgan fingerprint density at radius 3 is 2.42 bits per heavy atom. The predicted octanol–water partition coefficient (Wildman–Crippen LogP) is 4.71. The van der Waals surface area contributed by atoms with E-state index in [1.54, 1.807) is 0 Å². The first-order valence-corrected chi connectivity index (χ1v) is 13.5. The predicted molar refractivity (Wildman–Crippen MR) is 146 cm³/mol. The Kier molecular flexibility index (Phi) is 6.05. The third-order valence-corrected chi connectivity index (χ3v) is 8.10. The Hall–Kier alpha value is -3.94. The SMILES string of the molecule is Cc1cccc2[nH]c(C(=O)C[C@@H](CC(C)C)C(=O)N3C[C@@H]4C[C@H]3CN4C(=O)c3nc4ccccc4[nH]3)cc12. The number of para-hydroxylation sites is 2. The first-order chi connectivity index (χ1) is 18.3. The monoisotopic (exact) mass is 511 g/mol. The zero-order valence-electron chi connectivity index (χ0n) is 22.0. The van der Waals surface area contributed by atoms with E-state index in [9.17, 15) is 14.4 Å². The molecule has 2 N–H and O–H groups in total. The molecule has 2 aliphatic heterocycles. The molecule has 0 aliphatic carbocycles. The van der Waals surface area contributed by atoms with Gasteiger partial charge in [0.25, 0.3) is 5.91 Å². The molecular weight excluding hydrogens is 478 g/mol. The quantitative estimate of drug-likeness (QED) is 0.351. The molecule has 0 saturated carbocycles. The topological polar surface area (TPSA) is 102 Å². The minimum atomic E-state index is -0.381. The number of carbonyl (C=O) groups is 3. The van der Waals surface area contributed by atoms with Gasteiger partial charge in [0.05, 0.1) is 28.8 Å². The maximum Gasteiger partial charge on any atom is 0.290 e. The molecule has 196 valence electrons. The van der Waals surface area contributed by atoms with Crippen molar-refractivity contribution < 1.29 is 14.4 Å². The van der Waals surface area contributed by atoms with E-state index in [0.717, 1.165) is 33.9 Å². The van der Waals surface area contributed by atoms with E-state index in [1.165, 1.54) is 0 Å². The first kappa shape index (κ1) is 24.4. The van der Waals surface area contributed by atoms with Crippen LogP contribution in [0.3, 0.4) is 0 Å². The van der Waals surface area contributed by atoms with Gasteiger partial charge in [0.15, 0.2) is 11.6 Å². The van der Waals surface area contributed by atoms with E-state index in [-0.39, 0.29) is 47.9 Å². The maximum atomic E-state index is 13.8. The number of nitrogens with zero attached hydrogens (tertiary/aromatic N) is 3. The van der Waals surface area contributed by atoms with Crippen molar-refractivity contribution in [1.82, 2.24) is 24.8 Å². The average Bonchev–Trinajstić information content (AvgIpc) is 3.69. The Labute approximate surface area is 221 Å². The van der Waals surface area contributed by atoms with Crippen LogP contribution in [0.4, 0.5) is 0 Å². The normalized spacial score (nSPS) is 19.7. The standard InChI is InChI=1S/C30H33N5O3/c1-17(2)11-19(12-27(36)26-14-22-18(3)7-6-10-23(22)31-26)29(37)34-15-21-13-20(34)16-35(21)30(38)28-32-24-8-4-5-9-25(24)33-28/h4-10,14,17,19-21,31H,11-13,15-16H2,1-3H3,(H,32,33)/t19-,20+,21+/m1/s1. The van der Waals surface area contributed by atoms with Crippen LogP contribution in [0.5, 0.6) is 0 Å². The molecule has 2 bridgehead atoms. The number of H-pyrrole nitrogens is 2. The minimum Gasteiger partial charge on any atom is -0.352 e. The van der Waals surface area contributed by atoms with Gasteiger partial charge in [-0.1, -0.05) is 38.1 Å². The molecular formula is C30H33N5O3. The van der Waals surface area contributed by atoms with Gasteiger partial charge in [-0.05, 0) is 55.5 Å². The molecule has 2 saturated heterocycles. The molecule has 2 aromatic heterocycles. The highest BCUT2D eigenvalue weighted by molar-refractivity contribution is 6.02. The number of Topliss-reactive ketones (excluding diaryl/α,β-unsaturated/α-hetero) is 1. The number of piperazine rings is 1. The number of aromatic amines is 2. The van der Waals surface area contributed by atoms with Crippen LogP contribution in [0.25, 0.3) is 21.9 Å². The van der Waals surface area contributed by atoms with Crippen molar-refractivity contribution in [3.8, 4) is 0 Å². The molecule has 4 aromatic rings. The summed E-state index contributed by atoms with van der Waals surface area (Å²) in [6.45, 7) is 7.20. The number of carbonyl (C=O) groups excluding carboxylic acids is 3. The summed E-state index contributed by atoms with van der Waals surface area (Å²) < 4.78 is 0. The van der Waals surface area contributed by atoms with Gasteiger partial charge in [-0.15, -0.1) is 0 Å². The van der Waals surface area contributed by atoms with Gasteiger partial charge >= 0.3 is 0 Å². The molecule has 8 heteroatoms. The molecule has 4 heterocycles. The Balaban J connectivity index is 1.15. The first-order valence-electron chi connectivity index (χ1n) is 13.5. The van der Waals surface area contributed by atoms with E-state index >= 15 is 0 Å². The fourth-order valence-corrected chi connectivity index (χ4v) is 6.24. The van der Waals surface area contributed by atoms with Crippen molar-refractivity contribution in [2.75, 3.05) is 13.1 Å². The highest BCUT2D eigenvalue weighted by Crippen LogP contribution is 2.34. The summed E-state index contributed by atoms with van der Waals surface area (Å²) in [6, 6.07) is 15.4. The summed E-state index contributed by atoms with van der Waals surface area (Å²) in [5, 5.41) is 1.04. The van der Waals surface area contributed by atoms with Gasteiger partial charge in [-0.3, -0.25) is 14.4 Å². The highest BCUT2D eigenvalue weighted by atomic mass is 16.2. The number of imidazole rings is 1. The molecule has 2 aromatic carbocycles. The molecule has 0 spiro atoms. The second-order valence-corrected chi connectivity index (χ2v) is 11.3. The van der Waals surface area contributed by atoms with E-state index in [4.69, 9.17) is 0 Å². The molecule has 2 fully saturated rings. The summed E-state index contributed by atoms with van der Waals surface area (Å²) in [5.41, 5.74) is 4.21. The Morgan fingerprint density at radius 1 is 0.974 bits per heavy atom. The van der Waals surface area contributed by atoms with Crippen LogP contribution in [0, 0.1) is 18.8 Å². The molecule has 38 heavy (non-hydrogen) atoms. The molecule has 6 rings (SSSR count). The number of fused-ring (bicyclic) bond motifs is 4. The van der Waals surface area contributed by atoms with Gasteiger partial charge in [-0.25, -0.2) is 4.98 Å². The Bertz CT molecular complexity index is 1520. The van der Waals surface area contributed by atoms with Gasteiger partial charge in [0, 0.05) is 36.3 Å². The van der Waals surface area contributed by atoms with Crippen molar-refractivity contribution in [1.29, 1.82) is 0 Å². The van der Waals surface area contributed by atoms with Gasteiger partial charge < -0.3 is 19.8 Å². The van der Waals surface area contributed by atoms with E-state index in [1.807, 2.05) is 65.3 Å². The second-order valence-electron chi connectivity index (χ2n) is 11.3. The Morgan fingerprint density at radius 2 is 1.71 bits per heavy atom. The second kappa shape index (κ2) is 9.42. The van der Waals surface area contributed by atoms with E-state index in [2.05, 4.69) is 28.8 Å². The van der Waals surface area contributed by atoms with Gasteiger partial charge in [0.1, 0.15) is 0 Å². The number of likely N-dealkylation sites (tertiary alicyclic amines) is 2. The third kappa shape index (κ3) is 4.27. The number of aromatic nitrogens is 3. The lowest BCUT2D eigenvalue weighted by Gasteiger charge is -2.36. The molecule has 0 radical (unpaired) electrons. The lowest BCUT2D eigenvalue weighted by molar-refractivity contribution is -0.138. The fraction of sp³-hybridized carbons (Fsp3) is 0.400. The minimum absolute atomic E-state index is 0.0266. The highest BCUT2D eigenvalue weighted by Gasteiger charge is 2.48. The number of nitrogens with one attached hydrogen (secondary N) is 2. The molecule has 0 unspecified atom stereocenters. The number of hydrogen-bond acceptors (Lipinski definition) is 4. The summed E-state index contributed by atoms with van der Waals surface area (Å²) in [6.07, 6.45) is 1.60. The van der Waals surface area contributed by atoms with Gasteiger partial charge in [-0.2, -0.15) is 0 Å². The van der Waals surface area contributed by atoms with Crippen LogP contribution in [0.15, 0.2) is 48.5 Å².